The summed E-state index contributed by atoms with van der Waals surface area (Å²) in [6.07, 6.45) is 4.16. The smallest absolute Gasteiger partial charge is 0.253 e. The van der Waals surface area contributed by atoms with E-state index in [1.165, 1.54) is 6.42 Å². The molecule has 3 N–H and O–H groups in total. The van der Waals surface area contributed by atoms with Gasteiger partial charge in [-0.25, -0.2) is 0 Å². The number of amides is 3. The monoisotopic (exact) mass is 436 g/mol. The van der Waals surface area contributed by atoms with Gasteiger partial charge < -0.3 is 20.9 Å². The molecule has 1 aliphatic rings. The quantitative estimate of drug-likeness (QED) is 0.586. The molecule has 0 aliphatic carbocycles. The summed E-state index contributed by atoms with van der Waals surface area (Å²) in [6.45, 7) is 5.67. The average molecular weight is 437 g/mol. The number of nitrogens with zero attached hydrogens (tertiary/aromatic N) is 1. The second kappa shape index (κ2) is 11.3. The first-order valence-corrected chi connectivity index (χ1v) is 11.3. The van der Waals surface area contributed by atoms with Crippen molar-refractivity contribution in [3.8, 4) is 0 Å². The largest absolute Gasteiger partial charge is 0.376 e. The topological polar surface area (TPSA) is 90.5 Å². The summed E-state index contributed by atoms with van der Waals surface area (Å²) in [5, 5.41) is 8.79. The van der Waals surface area contributed by atoms with Gasteiger partial charge >= 0.3 is 0 Å². The summed E-state index contributed by atoms with van der Waals surface area (Å²) in [5.74, 6) is -0.322. The van der Waals surface area contributed by atoms with Crippen molar-refractivity contribution in [2.45, 2.75) is 45.6 Å². The summed E-state index contributed by atoms with van der Waals surface area (Å²) in [5.41, 5.74) is 2.49. The lowest BCUT2D eigenvalue weighted by molar-refractivity contribution is -0.114. The number of piperidine rings is 1. The average Bonchev–Trinajstić information content (AvgIpc) is 2.83. The highest BCUT2D eigenvalue weighted by molar-refractivity contribution is 5.98. The first-order chi connectivity index (χ1) is 15.5. The summed E-state index contributed by atoms with van der Waals surface area (Å²) in [4.78, 5) is 39.1. The normalized spacial score (nSPS) is 14.4. The molecule has 1 fully saturated rings. The first kappa shape index (κ1) is 23.3. The minimum absolute atomic E-state index is 0.0613. The van der Waals surface area contributed by atoms with Crippen molar-refractivity contribution in [1.82, 2.24) is 10.2 Å². The zero-order chi connectivity index (χ0) is 22.9. The molecular weight excluding hydrogens is 404 g/mol. The Balaban J connectivity index is 1.50. The van der Waals surface area contributed by atoms with Crippen molar-refractivity contribution < 1.29 is 14.4 Å². The molecule has 2 aromatic carbocycles. The molecule has 32 heavy (non-hydrogen) atoms. The number of anilines is 2. The summed E-state index contributed by atoms with van der Waals surface area (Å²) in [7, 11) is 0. The Morgan fingerprint density at radius 1 is 0.938 bits per heavy atom. The standard InChI is InChI=1S/C25H32N4O3/c1-3-18(2)27-24(31)20-8-7-9-22(16-20)28-23(30)17-26-21-12-10-19(11-13-21)25(32)29-14-5-4-6-15-29/h7-13,16,18,26H,3-6,14-15,17H2,1-2H3,(H,27,31)(H,28,30). The van der Waals surface area contributed by atoms with Crippen LogP contribution < -0.4 is 16.0 Å². The Morgan fingerprint density at radius 2 is 1.66 bits per heavy atom. The van der Waals surface area contributed by atoms with Gasteiger partial charge in [0.2, 0.25) is 5.91 Å². The van der Waals surface area contributed by atoms with Crippen LogP contribution in [0.3, 0.4) is 0 Å². The van der Waals surface area contributed by atoms with Crippen molar-refractivity contribution in [3.63, 3.8) is 0 Å². The van der Waals surface area contributed by atoms with Gasteiger partial charge in [0.1, 0.15) is 0 Å². The van der Waals surface area contributed by atoms with Crippen LogP contribution >= 0.6 is 0 Å². The molecule has 0 bridgehead atoms. The van der Waals surface area contributed by atoms with E-state index in [0.717, 1.165) is 38.0 Å². The highest BCUT2D eigenvalue weighted by Gasteiger charge is 2.18. The van der Waals surface area contributed by atoms with Crippen molar-refractivity contribution >= 4 is 29.1 Å². The number of carbonyl (C=O) groups excluding carboxylic acids is 3. The highest BCUT2D eigenvalue weighted by Crippen LogP contribution is 2.16. The lowest BCUT2D eigenvalue weighted by Gasteiger charge is -2.26. The summed E-state index contributed by atoms with van der Waals surface area (Å²) in [6, 6.07) is 14.2. The predicted octanol–water partition coefficient (Wildman–Crippen LogP) is 3.89. The molecule has 3 amide bonds. The molecule has 0 saturated carbocycles. The SMILES string of the molecule is CCC(C)NC(=O)c1cccc(NC(=O)CNc2ccc(C(=O)N3CCCCC3)cc2)c1. The minimum atomic E-state index is -0.224. The van der Waals surface area contributed by atoms with Gasteiger partial charge in [-0.3, -0.25) is 14.4 Å². The fourth-order valence-corrected chi connectivity index (χ4v) is 3.55. The Morgan fingerprint density at radius 3 is 2.34 bits per heavy atom. The van der Waals surface area contributed by atoms with Crippen molar-refractivity contribution in [3.05, 3.63) is 59.7 Å². The van der Waals surface area contributed by atoms with E-state index in [4.69, 9.17) is 0 Å². The molecule has 0 spiro atoms. The molecule has 7 heteroatoms. The molecule has 1 heterocycles. The van der Waals surface area contributed by atoms with Crippen LogP contribution in [0.4, 0.5) is 11.4 Å². The predicted molar refractivity (Wildman–Crippen MR) is 127 cm³/mol. The molecule has 170 valence electrons. The molecule has 1 unspecified atom stereocenters. The van der Waals surface area contributed by atoms with Crippen LogP contribution in [-0.2, 0) is 4.79 Å². The number of likely N-dealkylation sites (tertiary alicyclic amines) is 1. The lowest BCUT2D eigenvalue weighted by Crippen LogP contribution is -2.35. The zero-order valence-corrected chi connectivity index (χ0v) is 18.8. The molecule has 7 nitrogen and oxygen atoms in total. The molecule has 1 atom stereocenters. The molecular formula is C25H32N4O3. The van der Waals surface area contributed by atoms with Gasteiger partial charge in [-0.1, -0.05) is 13.0 Å². The number of carbonyl (C=O) groups is 3. The molecule has 0 radical (unpaired) electrons. The molecule has 3 rings (SSSR count). The van der Waals surface area contributed by atoms with Crippen LogP contribution in [0, 0.1) is 0 Å². The maximum atomic E-state index is 12.5. The lowest BCUT2D eigenvalue weighted by atomic mass is 10.1. The van der Waals surface area contributed by atoms with E-state index in [1.54, 1.807) is 36.4 Å². The molecule has 1 saturated heterocycles. The van der Waals surface area contributed by atoms with Gasteiger partial charge in [-0.2, -0.15) is 0 Å². The van der Waals surface area contributed by atoms with Gasteiger partial charge in [0.25, 0.3) is 11.8 Å². The van der Waals surface area contributed by atoms with E-state index >= 15 is 0 Å². The van der Waals surface area contributed by atoms with Crippen LogP contribution in [0.15, 0.2) is 48.5 Å². The Kier molecular flexibility index (Phi) is 8.25. The van der Waals surface area contributed by atoms with Gasteiger partial charge in [0, 0.05) is 41.6 Å². The van der Waals surface area contributed by atoms with Gasteiger partial charge in [0.05, 0.1) is 6.54 Å². The Bertz CT molecular complexity index is 936. The van der Waals surface area contributed by atoms with Crippen LogP contribution in [0.1, 0.15) is 60.2 Å². The number of benzene rings is 2. The molecule has 2 aromatic rings. The maximum Gasteiger partial charge on any atom is 0.253 e. The van der Waals surface area contributed by atoms with E-state index in [0.29, 0.717) is 16.8 Å². The van der Waals surface area contributed by atoms with E-state index in [1.807, 2.05) is 30.9 Å². The maximum absolute atomic E-state index is 12.5. The number of nitrogens with one attached hydrogen (secondary N) is 3. The number of hydrogen-bond donors (Lipinski definition) is 3. The Labute approximate surface area is 189 Å². The van der Waals surface area contributed by atoms with Crippen molar-refractivity contribution in [2.75, 3.05) is 30.3 Å². The first-order valence-electron chi connectivity index (χ1n) is 11.3. The van der Waals surface area contributed by atoms with E-state index in [9.17, 15) is 14.4 Å². The van der Waals surface area contributed by atoms with Gasteiger partial charge in [0.15, 0.2) is 0 Å². The van der Waals surface area contributed by atoms with Crippen LogP contribution in [0.2, 0.25) is 0 Å². The number of rotatable bonds is 8. The zero-order valence-electron chi connectivity index (χ0n) is 18.8. The van der Waals surface area contributed by atoms with E-state index < -0.39 is 0 Å². The van der Waals surface area contributed by atoms with E-state index in [-0.39, 0.29) is 30.3 Å². The third-order valence-electron chi connectivity index (χ3n) is 5.63. The van der Waals surface area contributed by atoms with Gasteiger partial charge in [-0.05, 0) is 75.1 Å². The van der Waals surface area contributed by atoms with Crippen molar-refractivity contribution in [2.24, 2.45) is 0 Å². The van der Waals surface area contributed by atoms with E-state index in [2.05, 4.69) is 16.0 Å². The van der Waals surface area contributed by atoms with Gasteiger partial charge in [-0.15, -0.1) is 0 Å². The van der Waals surface area contributed by atoms with Crippen LogP contribution in [-0.4, -0.2) is 48.3 Å². The van der Waals surface area contributed by atoms with Crippen LogP contribution in [0.5, 0.6) is 0 Å². The molecule has 1 aliphatic heterocycles. The van der Waals surface area contributed by atoms with Crippen LogP contribution in [0.25, 0.3) is 0 Å². The van der Waals surface area contributed by atoms with Crippen molar-refractivity contribution in [1.29, 1.82) is 0 Å². The second-order valence-corrected chi connectivity index (χ2v) is 8.20. The third-order valence-corrected chi connectivity index (χ3v) is 5.63. The third kappa shape index (κ3) is 6.57. The fourth-order valence-electron chi connectivity index (χ4n) is 3.55. The fraction of sp³-hybridized carbons (Fsp3) is 0.400. The summed E-state index contributed by atoms with van der Waals surface area (Å²) >= 11 is 0. The summed E-state index contributed by atoms with van der Waals surface area (Å²) < 4.78 is 0. The minimum Gasteiger partial charge on any atom is -0.376 e. The molecule has 0 aromatic heterocycles. The number of hydrogen-bond acceptors (Lipinski definition) is 4. The second-order valence-electron chi connectivity index (χ2n) is 8.20. The Hall–Kier alpha value is -3.35. The highest BCUT2D eigenvalue weighted by atomic mass is 16.2.